The van der Waals surface area contributed by atoms with Gasteiger partial charge in [-0.2, -0.15) is 0 Å². The number of hydrogen-bond donors (Lipinski definition) is 3. The zero-order valence-corrected chi connectivity index (χ0v) is 18.5. The molecule has 9 heteroatoms. The molecule has 1 unspecified atom stereocenters. The van der Waals surface area contributed by atoms with E-state index in [4.69, 9.17) is 23.2 Å². The third-order valence-corrected chi connectivity index (χ3v) is 4.92. The van der Waals surface area contributed by atoms with E-state index in [1.807, 2.05) is 6.92 Å². The highest BCUT2D eigenvalue weighted by atomic mass is 35.5. The van der Waals surface area contributed by atoms with Gasteiger partial charge in [-0.15, -0.1) is 0 Å². The van der Waals surface area contributed by atoms with Gasteiger partial charge in [-0.1, -0.05) is 30.1 Å². The maximum Gasteiger partial charge on any atom is 0.241 e. The van der Waals surface area contributed by atoms with Crippen molar-refractivity contribution in [3.8, 4) is 0 Å². The van der Waals surface area contributed by atoms with Crippen LogP contribution in [-0.2, 0) is 14.4 Å². The number of halogens is 2. The Hall–Kier alpha value is -2.61. The largest absolute Gasteiger partial charge is 0.326 e. The third-order valence-electron chi connectivity index (χ3n) is 4.36. The van der Waals surface area contributed by atoms with Crippen LogP contribution in [0.1, 0.15) is 20.8 Å². The number of carbonyl (C=O) groups excluding carboxylic acids is 3. The highest BCUT2D eigenvalue weighted by Gasteiger charge is 2.23. The third kappa shape index (κ3) is 7.02. The molecule has 2 aromatic carbocycles. The maximum absolute atomic E-state index is 12.6. The second-order valence-corrected chi connectivity index (χ2v) is 7.50. The van der Waals surface area contributed by atoms with Crippen molar-refractivity contribution in [3.63, 3.8) is 0 Å². The molecule has 3 N–H and O–H groups in total. The molecule has 2 aromatic rings. The van der Waals surface area contributed by atoms with Crippen LogP contribution in [0.3, 0.4) is 0 Å². The van der Waals surface area contributed by atoms with Crippen molar-refractivity contribution in [3.05, 3.63) is 52.5 Å². The van der Waals surface area contributed by atoms with Gasteiger partial charge in [-0.05, 0) is 55.9 Å². The molecule has 3 amide bonds. The average molecular weight is 451 g/mol. The van der Waals surface area contributed by atoms with Crippen LogP contribution in [0, 0.1) is 0 Å². The molecule has 0 spiro atoms. The smallest absolute Gasteiger partial charge is 0.241 e. The summed E-state index contributed by atoms with van der Waals surface area (Å²) in [6.07, 6.45) is 0. The van der Waals surface area contributed by atoms with Gasteiger partial charge in [0.1, 0.15) is 0 Å². The Morgan fingerprint density at radius 2 is 1.57 bits per heavy atom. The number of nitrogens with one attached hydrogen (secondary N) is 3. The van der Waals surface area contributed by atoms with E-state index in [2.05, 4.69) is 16.0 Å². The molecule has 160 valence electrons. The first kappa shape index (κ1) is 23.7. The zero-order chi connectivity index (χ0) is 22.3. The molecule has 30 heavy (non-hydrogen) atoms. The first-order valence-electron chi connectivity index (χ1n) is 9.37. The highest BCUT2D eigenvalue weighted by Crippen LogP contribution is 2.25. The fourth-order valence-electron chi connectivity index (χ4n) is 2.74. The monoisotopic (exact) mass is 450 g/mol. The van der Waals surface area contributed by atoms with Crippen molar-refractivity contribution in [2.45, 2.75) is 26.8 Å². The van der Waals surface area contributed by atoms with Crippen LogP contribution in [0.5, 0.6) is 0 Å². The van der Waals surface area contributed by atoms with Crippen molar-refractivity contribution < 1.29 is 14.4 Å². The summed E-state index contributed by atoms with van der Waals surface area (Å²) in [5, 5.41) is 9.03. The molecular weight excluding hydrogens is 427 g/mol. The first-order valence-corrected chi connectivity index (χ1v) is 10.1. The van der Waals surface area contributed by atoms with E-state index in [-0.39, 0.29) is 24.3 Å². The minimum Gasteiger partial charge on any atom is -0.326 e. The molecule has 0 saturated heterocycles. The van der Waals surface area contributed by atoms with Crippen LogP contribution in [0.15, 0.2) is 42.5 Å². The van der Waals surface area contributed by atoms with Crippen LogP contribution in [0.25, 0.3) is 0 Å². The lowest BCUT2D eigenvalue weighted by Crippen LogP contribution is -2.45. The van der Waals surface area contributed by atoms with Gasteiger partial charge in [0.05, 0.1) is 23.3 Å². The van der Waals surface area contributed by atoms with Crippen LogP contribution in [-0.4, -0.2) is 41.8 Å². The minimum atomic E-state index is -0.571. The Morgan fingerprint density at radius 1 is 0.967 bits per heavy atom. The highest BCUT2D eigenvalue weighted by molar-refractivity contribution is 6.35. The molecule has 0 heterocycles. The van der Waals surface area contributed by atoms with E-state index >= 15 is 0 Å². The number of carbonyl (C=O) groups is 3. The SMILES string of the molecule is CCN(CC(=O)Nc1ccc(NC(C)=O)cc1)C(C)C(=O)Nc1cc(Cl)ccc1Cl. The predicted octanol–water partition coefficient (Wildman–Crippen LogP) is 4.24. The predicted molar refractivity (Wildman–Crippen MR) is 121 cm³/mol. The summed E-state index contributed by atoms with van der Waals surface area (Å²) in [7, 11) is 0. The number of amides is 3. The molecule has 0 bridgehead atoms. The van der Waals surface area contributed by atoms with Crippen LogP contribution < -0.4 is 16.0 Å². The average Bonchev–Trinajstić information content (AvgIpc) is 2.69. The Bertz CT molecular complexity index is 919. The van der Waals surface area contributed by atoms with Gasteiger partial charge in [0.15, 0.2) is 0 Å². The van der Waals surface area contributed by atoms with Gasteiger partial charge < -0.3 is 16.0 Å². The summed E-state index contributed by atoms with van der Waals surface area (Å²) in [6, 6.07) is 11.0. The topological polar surface area (TPSA) is 90.5 Å². The Balaban J connectivity index is 1.95. The molecular formula is C21H24Cl2N4O3. The molecule has 0 radical (unpaired) electrons. The van der Waals surface area contributed by atoms with Gasteiger partial charge in [-0.25, -0.2) is 0 Å². The van der Waals surface area contributed by atoms with Gasteiger partial charge in [0.2, 0.25) is 17.7 Å². The number of hydrogen-bond acceptors (Lipinski definition) is 4. The van der Waals surface area contributed by atoms with Crippen LogP contribution in [0.4, 0.5) is 17.1 Å². The lowest BCUT2D eigenvalue weighted by molar-refractivity contribution is -0.123. The van der Waals surface area contributed by atoms with Gasteiger partial charge in [0.25, 0.3) is 0 Å². The molecule has 0 aliphatic carbocycles. The molecule has 7 nitrogen and oxygen atoms in total. The lowest BCUT2D eigenvalue weighted by Gasteiger charge is -2.26. The van der Waals surface area contributed by atoms with Gasteiger partial charge in [-0.3, -0.25) is 19.3 Å². The van der Waals surface area contributed by atoms with Crippen LogP contribution in [0.2, 0.25) is 10.0 Å². The van der Waals surface area contributed by atoms with Crippen molar-refractivity contribution in [2.75, 3.05) is 29.0 Å². The standard InChI is InChI=1S/C21H24Cl2N4O3/c1-4-27(13(2)21(30)26-19-11-15(22)5-10-18(19)23)12-20(29)25-17-8-6-16(7-9-17)24-14(3)28/h5-11,13H,4,12H2,1-3H3,(H,24,28)(H,25,29)(H,26,30). The van der Waals surface area contributed by atoms with E-state index in [0.717, 1.165) is 0 Å². The minimum absolute atomic E-state index is 0.0296. The molecule has 0 aliphatic rings. The maximum atomic E-state index is 12.6. The zero-order valence-electron chi connectivity index (χ0n) is 17.0. The summed E-state index contributed by atoms with van der Waals surface area (Å²) in [6.45, 7) is 5.53. The van der Waals surface area contributed by atoms with E-state index < -0.39 is 6.04 Å². The fraction of sp³-hybridized carbons (Fsp3) is 0.286. The molecule has 0 aromatic heterocycles. The molecule has 1 atom stereocenters. The summed E-state index contributed by atoms with van der Waals surface area (Å²) in [5.41, 5.74) is 1.65. The molecule has 2 rings (SSSR count). The number of benzene rings is 2. The van der Waals surface area contributed by atoms with Gasteiger partial charge >= 0.3 is 0 Å². The first-order chi connectivity index (χ1) is 14.2. The molecule has 0 saturated carbocycles. The number of anilines is 3. The summed E-state index contributed by atoms with van der Waals surface area (Å²) >= 11 is 12.1. The van der Waals surface area contributed by atoms with E-state index in [1.165, 1.54) is 6.92 Å². The Labute approximate surface area is 185 Å². The second kappa shape index (κ2) is 11.0. The van der Waals surface area contributed by atoms with E-state index in [9.17, 15) is 14.4 Å². The van der Waals surface area contributed by atoms with E-state index in [0.29, 0.717) is 33.7 Å². The quantitative estimate of drug-likeness (QED) is 0.560. The summed E-state index contributed by atoms with van der Waals surface area (Å²) < 4.78 is 0. The van der Waals surface area contributed by atoms with Crippen molar-refractivity contribution in [1.82, 2.24) is 4.90 Å². The van der Waals surface area contributed by atoms with Crippen molar-refractivity contribution in [2.24, 2.45) is 0 Å². The summed E-state index contributed by atoms with van der Waals surface area (Å²) in [4.78, 5) is 37.9. The fourth-order valence-corrected chi connectivity index (χ4v) is 3.08. The Kier molecular flexibility index (Phi) is 8.65. The van der Waals surface area contributed by atoms with Crippen LogP contribution >= 0.6 is 23.2 Å². The van der Waals surface area contributed by atoms with Crippen molar-refractivity contribution in [1.29, 1.82) is 0 Å². The normalized spacial score (nSPS) is 11.7. The van der Waals surface area contributed by atoms with Gasteiger partial charge in [0, 0.05) is 23.3 Å². The summed E-state index contributed by atoms with van der Waals surface area (Å²) in [5.74, 6) is -0.727. The van der Waals surface area contributed by atoms with Crippen molar-refractivity contribution >= 4 is 58.0 Å². The second-order valence-electron chi connectivity index (χ2n) is 6.66. The lowest BCUT2D eigenvalue weighted by atomic mass is 10.2. The number of nitrogens with zero attached hydrogens (tertiary/aromatic N) is 1. The molecule has 0 aliphatic heterocycles. The Morgan fingerprint density at radius 3 is 2.13 bits per heavy atom. The number of rotatable bonds is 8. The van der Waals surface area contributed by atoms with E-state index in [1.54, 1.807) is 54.3 Å². The number of likely N-dealkylation sites (N-methyl/N-ethyl adjacent to an activating group) is 1. The molecule has 0 fully saturated rings.